The van der Waals surface area contributed by atoms with Crippen LogP contribution in [0.5, 0.6) is 5.75 Å². The Balaban J connectivity index is 2.24. The van der Waals surface area contributed by atoms with Gasteiger partial charge in [-0.1, -0.05) is 24.3 Å². The highest BCUT2D eigenvalue weighted by Crippen LogP contribution is 2.22. The highest BCUT2D eigenvalue weighted by Gasteiger charge is 2.14. The third-order valence-electron chi connectivity index (χ3n) is 3.06. The predicted octanol–water partition coefficient (Wildman–Crippen LogP) is 3.25. The maximum absolute atomic E-state index is 11.0. The van der Waals surface area contributed by atoms with Crippen LogP contribution >= 0.6 is 0 Å². The Morgan fingerprint density at radius 1 is 1.18 bits per heavy atom. The van der Waals surface area contributed by atoms with Crippen molar-refractivity contribution in [3.63, 3.8) is 0 Å². The van der Waals surface area contributed by atoms with Gasteiger partial charge in [-0.15, -0.1) is 0 Å². The van der Waals surface area contributed by atoms with Crippen molar-refractivity contribution in [3.05, 3.63) is 75.3 Å². The molecule has 112 valence electrons. The summed E-state index contributed by atoms with van der Waals surface area (Å²) in [5.41, 5.74) is 1.01. The number of carboxylic acid groups (broad SMARTS) is 1. The number of hydrogen-bond donors (Lipinski definition) is 2. The first-order valence-electron chi connectivity index (χ1n) is 6.43. The molecule has 6 nitrogen and oxygen atoms in total. The number of allylic oxidation sites excluding steroid dienone is 1. The van der Waals surface area contributed by atoms with Crippen LogP contribution in [0, 0.1) is 10.1 Å². The van der Waals surface area contributed by atoms with Crippen LogP contribution < -0.4 is 0 Å². The van der Waals surface area contributed by atoms with E-state index in [1.54, 1.807) is 30.3 Å². The standard InChI is InChI=1S/C16H13NO5/c18-14-7-4-11(5-8-14)2-1-3-12-10-13(16(19)20)6-9-15(12)17(21)22/h1,3-10,18H,2H2,(H,19,20). The molecule has 0 bridgehead atoms. The second-order valence-corrected chi connectivity index (χ2v) is 4.61. The van der Waals surface area contributed by atoms with Gasteiger partial charge in [0.2, 0.25) is 0 Å². The minimum Gasteiger partial charge on any atom is -0.508 e. The number of rotatable bonds is 5. The van der Waals surface area contributed by atoms with Gasteiger partial charge >= 0.3 is 5.97 Å². The number of aromatic hydroxyl groups is 1. The normalized spacial score (nSPS) is 10.7. The van der Waals surface area contributed by atoms with Crippen molar-refractivity contribution in [1.82, 2.24) is 0 Å². The van der Waals surface area contributed by atoms with Crippen LogP contribution in [0.25, 0.3) is 6.08 Å². The summed E-state index contributed by atoms with van der Waals surface area (Å²) in [6, 6.07) is 10.2. The molecule has 0 unspecified atom stereocenters. The number of carboxylic acids is 1. The van der Waals surface area contributed by atoms with Crippen LogP contribution in [0.2, 0.25) is 0 Å². The second kappa shape index (κ2) is 6.53. The monoisotopic (exact) mass is 299 g/mol. The lowest BCUT2D eigenvalue weighted by Crippen LogP contribution is -1.99. The molecule has 0 spiro atoms. The van der Waals surface area contributed by atoms with Crippen molar-refractivity contribution in [2.45, 2.75) is 6.42 Å². The smallest absolute Gasteiger partial charge is 0.335 e. The summed E-state index contributed by atoms with van der Waals surface area (Å²) in [6.07, 6.45) is 3.74. The summed E-state index contributed by atoms with van der Waals surface area (Å²) >= 11 is 0. The lowest BCUT2D eigenvalue weighted by Gasteiger charge is -2.00. The third kappa shape index (κ3) is 3.69. The summed E-state index contributed by atoms with van der Waals surface area (Å²) in [6.45, 7) is 0. The van der Waals surface area contributed by atoms with E-state index >= 15 is 0 Å². The van der Waals surface area contributed by atoms with Crippen LogP contribution in [0.3, 0.4) is 0 Å². The lowest BCUT2D eigenvalue weighted by atomic mass is 10.1. The summed E-state index contributed by atoms with van der Waals surface area (Å²) in [5.74, 6) is -0.972. The van der Waals surface area contributed by atoms with Gasteiger partial charge in [0, 0.05) is 6.07 Å². The SMILES string of the molecule is O=C(O)c1ccc([N+](=O)[O-])c(C=CCc2ccc(O)cc2)c1. The molecule has 2 aromatic rings. The van der Waals surface area contributed by atoms with Crippen LogP contribution in [0.4, 0.5) is 5.69 Å². The Morgan fingerprint density at radius 3 is 2.45 bits per heavy atom. The molecule has 0 fully saturated rings. The van der Waals surface area contributed by atoms with Gasteiger partial charge in [-0.25, -0.2) is 4.79 Å². The number of benzene rings is 2. The van der Waals surface area contributed by atoms with Gasteiger partial charge in [0.25, 0.3) is 5.69 Å². The van der Waals surface area contributed by atoms with Gasteiger partial charge in [0.15, 0.2) is 0 Å². The number of hydrogen-bond acceptors (Lipinski definition) is 4. The maximum Gasteiger partial charge on any atom is 0.335 e. The average molecular weight is 299 g/mol. The zero-order valence-corrected chi connectivity index (χ0v) is 11.5. The van der Waals surface area contributed by atoms with Gasteiger partial charge in [0.1, 0.15) is 5.75 Å². The molecule has 2 rings (SSSR count). The Morgan fingerprint density at radius 2 is 1.86 bits per heavy atom. The second-order valence-electron chi connectivity index (χ2n) is 4.61. The minimum atomic E-state index is -1.14. The number of phenols is 1. The molecule has 0 aliphatic rings. The van der Waals surface area contributed by atoms with E-state index in [4.69, 9.17) is 5.11 Å². The first kappa shape index (κ1) is 15.2. The fraction of sp³-hybridized carbons (Fsp3) is 0.0625. The molecule has 0 saturated carbocycles. The van der Waals surface area contributed by atoms with Crippen molar-refractivity contribution in [3.8, 4) is 5.75 Å². The molecule has 0 saturated heterocycles. The topological polar surface area (TPSA) is 101 Å². The number of carbonyl (C=O) groups is 1. The van der Waals surface area contributed by atoms with Crippen LogP contribution in [-0.4, -0.2) is 21.1 Å². The van der Waals surface area contributed by atoms with E-state index in [0.717, 1.165) is 5.56 Å². The van der Waals surface area contributed by atoms with Gasteiger partial charge in [-0.2, -0.15) is 0 Å². The zero-order chi connectivity index (χ0) is 16.1. The van der Waals surface area contributed by atoms with Crippen molar-refractivity contribution in [2.75, 3.05) is 0 Å². The molecule has 22 heavy (non-hydrogen) atoms. The average Bonchev–Trinajstić information content (AvgIpc) is 2.49. The molecule has 0 aliphatic carbocycles. The molecule has 6 heteroatoms. The summed E-state index contributed by atoms with van der Waals surface area (Å²) in [7, 11) is 0. The Bertz CT molecular complexity index is 735. The molecule has 0 aliphatic heterocycles. The minimum absolute atomic E-state index is 0.00474. The zero-order valence-electron chi connectivity index (χ0n) is 11.5. The van der Waals surface area contributed by atoms with Crippen LogP contribution in [-0.2, 0) is 6.42 Å². The molecular formula is C16H13NO5. The van der Waals surface area contributed by atoms with Gasteiger partial charge in [-0.05, 0) is 36.2 Å². The number of nitrogens with zero attached hydrogens (tertiary/aromatic N) is 1. The van der Waals surface area contributed by atoms with Crippen LogP contribution in [0.15, 0.2) is 48.5 Å². The maximum atomic E-state index is 11.0. The van der Waals surface area contributed by atoms with Crippen molar-refractivity contribution in [1.29, 1.82) is 0 Å². The van der Waals surface area contributed by atoms with Gasteiger partial charge < -0.3 is 10.2 Å². The van der Waals surface area contributed by atoms with E-state index in [0.29, 0.717) is 6.42 Å². The van der Waals surface area contributed by atoms with E-state index < -0.39 is 10.9 Å². The number of nitro groups is 1. The molecule has 0 amide bonds. The Kier molecular flexibility index (Phi) is 4.53. The molecule has 0 atom stereocenters. The lowest BCUT2D eigenvalue weighted by molar-refractivity contribution is -0.385. The number of nitro benzene ring substituents is 1. The van der Waals surface area contributed by atoms with Crippen LogP contribution in [0.1, 0.15) is 21.5 Å². The summed E-state index contributed by atoms with van der Waals surface area (Å²) < 4.78 is 0. The van der Waals surface area contributed by atoms with E-state index in [9.17, 15) is 20.0 Å². The van der Waals surface area contributed by atoms with E-state index in [-0.39, 0.29) is 22.6 Å². The largest absolute Gasteiger partial charge is 0.508 e. The molecule has 0 radical (unpaired) electrons. The Hall–Kier alpha value is -3.15. The molecule has 0 aromatic heterocycles. The quantitative estimate of drug-likeness (QED) is 0.652. The van der Waals surface area contributed by atoms with Crippen molar-refractivity contribution < 1.29 is 19.9 Å². The first-order valence-corrected chi connectivity index (χ1v) is 6.43. The molecular weight excluding hydrogens is 286 g/mol. The van der Waals surface area contributed by atoms with E-state index in [2.05, 4.69) is 0 Å². The van der Waals surface area contributed by atoms with E-state index in [1.165, 1.54) is 24.3 Å². The summed E-state index contributed by atoms with van der Waals surface area (Å²) in [5, 5.41) is 29.1. The highest BCUT2D eigenvalue weighted by molar-refractivity contribution is 5.89. The highest BCUT2D eigenvalue weighted by atomic mass is 16.6. The van der Waals surface area contributed by atoms with Gasteiger partial charge in [-0.3, -0.25) is 10.1 Å². The fourth-order valence-electron chi connectivity index (χ4n) is 1.94. The predicted molar refractivity (Wildman–Crippen MR) is 80.9 cm³/mol. The fourth-order valence-corrected chi connectivity index (χ4v) is 1.94. The first-order chi connectivity index (χ1) is 10.5. The number of aromatic carboxylic acids is 1. The van der Waals surface area contributed by atoms with Crippen molar-refractivity contribution in [2.24, 2.45) is 0 Å². The third-order valence-corrected chi connectivity index (χ3v) is 3.06. The Labute approximate surface area is 126 Å². The van der Waals surface area contributed by atoms with Gasteiger partial charge in [0.05, 0.1) is 16.1 Å². The summed E-state index contributed by atoms with van der Waals surface area (Å²) in [4.78, 5) is 21.4. The van der Waals surface area contributed by atoms with Crippen molar-refractivity contribution >= 4 is 17.7 Å². The van der Waals surface area contributed by atoms with E-state index in [1.807, 2.05) is 0 Å². The molecule has 0 heterocycles. The molecule has 2 N–H and O–H groups in total. The number of phenolic OH excluding ortho intramolecular Hbond substituents is 1. The molecule has 2 aromatic carbocycles.